The Hall–Kier alpha value is -2.21. The quantitative estimate of drug-likeness (QED) is 0.798. The van der Waals surface area contributed by atoms with E-state index in [9.17, 15) is 9.18 Å². The third-order valence-corrected chi connectivity index (χ3v) is 3.71. The number of nitrogens with one attached hydrogen (secondary N) is 1. The number of nitrogens with zero attached hydrogens (tertiary/aromatic N) is 1. The molecule has 0 spiro atoms. The summed E-state index contributed by atoms with van der Waals surface area (Å²) in [7, 11) is 0. The molecule has 2 aromatic heterocycles. The Morgan fingerprint density at radius 1 is 1.40 bits per heavy atom. The van der Waals surface area contributed by atoms with Gasteiger partial charge >= 0.3 is 0 Å². The van der Waals surface area contributed by atoms with Gasteiger partial charge in [0.25, 0.3) is 0 Å². The van der Waals surface area contributed by atoms with Gasteiger partial charge in [-0.25, -0.2) is 9.37 Å². The smallest absolute Gasteiger partial charge is 0.226 e. The zero-order valence-electron chi connectivity index (χ0n) is 10.4. The van der Waals surface area contributed by atoms with Gasteiger partial charge in [-0.2, -0.15) is 0 Å². The van der Waals surface area contributed by atoms with E-state index < -0.39 is 0 Å². The van der Waals surface area contributed by atoms with Gasteiger partial charge in [0, 0.05) is 12.8 Å². The Bertz CT molecular complexity index is 737. The lowest BCUT2D eigenvalue weighted by Gasteiger charge is -1.99. The lowest BCUT2D eigenvalue weighted by molar-refractivity contribution is -0.116. The highest BCUT2D eigenvalue weighted by Gasteiger charge is 2.09. The SMILES string of the molecule is O=C(CCc1ccco1)Nc1nc2ccc(F)cc2s1. The van der Waals surface area contributed by atoms with E-state index in [1.165, 1.54) is 23.5 Å². The van der Waals surface area contributed by atoms with Gasteiger partial charge in [0.15, 0.2) is 5.13 Å². The predicted molar refractivity (Wildman–Crippen MR) is 75.2 cm³/mol. The zero-order valence-corrected chi connectivity index (χ0v) is 11.2. The predicted octanol–water partition coefficient (Wildman–Crippen LogP) is 3.60. The van der Waals surface area contributed by atoms with Crippen molar-refractivity contribution in [3.8, 4) is 0 Å². The molecule has 1 amide bonds. The van der Waals surface area contributed by atoms with Gasteiger partial charge in [-0.3, -0.25) is 4.79 Å². The van der Waals surface area contributed by atoms with Crippen LogP contribution in [0.2, 0.25) is 0 Å². The number of halogens is 1. The molecule has 0 atom stereocenters. The van der Waals surface area contributed by atoms with Crippen LogP contribution in [-0.4, -0.2) is 10.9 Å². The van der Waals surface area contributed by atoms with Gasteiger partial charge in [-0.05, 0) is 30.3 Å². The van der Waals surface area contributed by atoms with Gasteiger partial charge in [0.2, 0.25) is 5.91 Å². The number of carbonyl (C=O) groups is 1. The monoisotopic (exact) mass is 290 g/mol. The third kappa shape index (κ3) is 2.85. The molecular weight excluding hydrogens is 279 g/mol. The molecule has 4 nitrogen and oxygen atoms in total. The Balaban J connectivity index is 1.65. The van der Waals surface area contributed by atoms with Crippen molar-refractivity contribution >= 4 is 32.6 Å². The minimum absolute atomic E-state index is 0.138. The summed E-state index contributed by atoms with van der Waals surface area (Å²) in [5, 5.41) is 3.20. The summed E-state index contributed by atoms with van der Waals surface area (Å²) in [4.78, 5) is 16.0. The average Bonchev–Trinajstić information content (AvgIpc) is 3.04. The van der Waals surface area contributed by atoms with Crippen molar-refractivity contribution < 1.29 is 13.6 Å². The number of hydrogen-bond donors (Lipinski definition) is 1. The van der Waals surface area contributed by atoms with Crippen LogP contribution in [0.25, 0.3) is 10.2 Å². The number of thiazole rings is 1. The van der Waals surface area contributed by atoms with Crippen molar-refractivity contribution in [1.82, 2.24) is 4.98 Å². The van der Waals surface area contributed by atoms with Crippen LogP contribution >= 0.6 is 11.3 Å². The first-order chi connectivity index (χ1) is 9.70. The number of amides is 1. The number of rotatable bonds is 4. The Morgan fingerprint density at radius 2 is 2.30 bits per heavy atom. The molecule has 20 heavy (non-hydrogen) atoms. The minimum Gasteiger partial charge on any atom is -0.469 e. The van der Waals surface area contributed by atoms with Gasteiger partial charge in [-0.1, -0.05) is 11.3 Å². The fourth-order valence-corrected chi connectivity index (χ4v) is 2.73. The highest BCUT2D eigenvalue weighted by atomic mass is 32.1. The number of hydrogen-bond acceptors (Lipinski definition) is 4. The topological polar surface area (TPSA) is 55.1 Å². The lowest BCUT2D eigenvalue weighted by atomic mass is 10.2. The van der Waals surface area contributed by atoms with Crippen LogP contribution in [0.1, 0.15) is 12.2 Å². The first-order valence-corrected chi connectivity index (χ1v) is 6.91. The van der Waals surface area contributed by atoms with Crippen molar-refractivity contribution in [2.45, 2.75) is 12.8 Å². The van der Waals surface area contributed by atoms with E-state index in [2.05, 4.69) is 10.3 Å². The molecule has 1 N–H and O–H groups in total. The molecule has 0 saturated carbocycles. The molecular formula is C14H11FN2O2S. The van der Waals surface area contributed by atoms with E-state index in [0.29, 0.717) is 28.2 Å². The van der Waals surface area contributed by atoms with E-state index in [0.717, 1.165) is 5.76 Å². The van der Waals surface area contributed by atoms with E-state index >= 15 is 0 Å². The minimum atomic E-state index is -0.308. The van der Waals surface area contributed by atoms with E-state index in [1.54, 1.807) is 18.4 Å². The zero-order chi connectivity index (χ0) is 13.9. The largest absolute Gasteiger partial charge is 0.469 e. The second-order valence-electron chi connectivity index (χ2n) is 4.26. The Morgan fingerprint density at radius 3 is 3.10 bits per heavy atom. The molecule has 0 saturated heterocycles. The molecule has 3 rings (SSSR count). The van der Waals surface area contributed by atoms with Crippen LogP contribution in [0.3, 0.4) is 0 Å². The number of anilines is 1. The van der Waals surface area contributed by atoms with Gasteiger partial charge in [0.05, 0.1) is 16.5 Å². The first kappa shape index (κ1) is 12.8. The maximum absolute atomic E-state index is 13.1. The number of carbonyl (C=O) groups excluding carboxylic acids is 1. The summed E-state index contributed by atoms with van der Waals surface area (Å²) < 4.78 is 18.9. The molecule has 2 heterocycles. The standard InChI is InChI=1S/C14H11FN2O2S/c15-9-3-5-11-12(8-9)20-14(16-11)17-13(18)6-4-10-2-1-7-19-10/h1-3,5,7-8H,4,6H2,(H,16,17,18). The highest BCUT2D eigenvalue weighted by Crippen LogP contribution is 2.26. The third-order valence-electron chi connectivity index (χ3n) is 2.78. The van der Waals surface area contributed by atoms with E-state index in [4.69, 9.17) is 4.42 Å². The van der Waals surface area contributed by atoms with Crippen LogP contribution < -0.4 is 5.32 Å². The van der Waals surface area contributed by atoms with E-state index in [1.807, 2.05) is 6.07 Å². The molecule has 0 unspecified atom stereocenters. The normalized spacial score (nSPS) is 10.8. The number of furan rings is 1. The lowest BCUT2D eigenvalue weighted by Crippen LogP contribution is -2.11. The van der Waals surface area contributed by atoms with E-state index in [-0.39, 0.29) is 11.7 Å². The Kier molecular flexibility index (Phi) is 3.47. The van der Waals surface area contributed by atoms with Crippen molar-refractivity contribution in [1.29, 1.82) is 0 Å². The first-order valence-electron chi connectivity index (χ1n) is 6.09. The molecule has 6 heteroatoms. The molecule has 0 aliphatic carbocycles. The van der Waals surface area contributed by atoms with Crippen molar-refractivity contribution in [3.05, 3.63) is 48.2 Å². The second kappa shape index (κ2) is 5.42. The van der Waals surface area contributed by atoms with Gasteiger partial charge in [0.1, 0.15) is 11.6 Å². The molecule has 0 aliphatic heterocycles. The van der Waals surface area contributed by atoms with Crippen LogP contribution in [0.5, 0.6) is 0 Å². The molecule has 102 valence electrons. The molecule has 0 aliphatic rings. The van der Waals surface area contributed by atoms with Crippen molar-refractivity contribution in [3.63, 3.8) is 0 Å². The van der Waals surface area contributed by atoms with Crippen LogP contribution in [0.15, 0.2) is 41.0 Å². The fourth-order valence-electron chi connectivity index (χ4n) is 1.83. The van der Waals surface area contributed by atoms with Gasteiger partial charge in [-0.15, -0.1) is 0 Å². The number of aryl methyl sites for hydroxylation is 1. The average molecular weight is 290 g/mol. The van der Waals surface area contributed by atoms with Crippen LogP contribution in [-0.2, 0) is 11.2 Å². The highest BCUT2D eigenvalue weighted by molar-refractivity contribution is 7.22. The Labute approximate surface area is 118 Å². The molecule has 1 aromatic carbocycles. The number of aromatic nitrogens is 1. The summed E-state index contributed by atoms with van der Waals surface area (Å²) in [6.07, 6.45) is 2.44. The maximum Gasteiger partial charge on any atom is 0.226 e. The summed E-state index contributed by atoms with van der Waals surface area (Å²) >= 11 is 1.26. The molecule has 0 radical (unpaired) electrons. The fraction of sp³-hybridized carbons (Fsp3) is 0.143. The summed E-state index contributed by atoms with van der Waals surface area (Å²) in [6.45, 7) is 0. The number of benzene rings is 1. The van der Waals surface area contributed by atoms with Crippen molar-refractivity contribution in [2.24, 2.45) is 0 Å². The summed E-state index contributed by atoms with van der Waals surface area (Å²) in [5.41, 5.74) is 0.678. The van der Waals surface area contributed by atoms with Crippen LogP contribution in [0.4, 0.5) is 9.52 Å². The molecule has 0 bridgehead atoms. The molecule has 3 aromatic rings. The maximum atomic E-state index is 13.1. The van der Waals surface area contributed by atoms with Crippen molar-refractivity contribution in [2.75, 3.05) is 5.32 Å². The van der Waals surface area contributed by atoms with Crippen LogP contribution in [0, 0.1) is 5.82 Å². The second-order valence-corrected chi connectivity index (χ2v) is 5.29. The molecule has 0 fully saturated rings. The van der Waals surface area contributed by atoms with Gasteiger partial charge < -0.3 is 9.73 Å². The summed E-state index contributed by atoms with van der Waals surface area (Å²) in [5.74, 6) is 0.323. The number of fused-ring (bicyclic) bond motifs is 1. The summed E-state index contributed by atoms with van der Waals surface area (Å²) in [6, 6.07) is 7.97.